The number of piperidine rings is 1. The topological polar surface area (TPSA) is 47.8 Å². The summed E-state index contributed by atoms with van der Waals surface area (Å²) in [6.45, 7) is 6.44. The van der Waals surface area contributed by atoms with E-state index in [0.717, 1.165) is 25.2 Å². The lowest BCUT2D eigenvalue weighted by molar-refractivity contribution is 0.236. The van der Waals surface area contributed by atoms with Crippen molar-refractivity contribution >= 4 is 17.3 Å². The lowest BCUT2D eigenvalue weighted by Crippen LogP contribution is -2.49. The first-order valence-corrected chi connectivity index (χ1v) is 6.57. The van der Waals surface area contributed by atoms with Gasteiger partial charge in [-0.15, -0.1) is 0 Å². The summed E-state index contributed by atoms with van der Waals surface area (Å²) in [4.78, 5) is 0. The van der Waals surface area contributed by atoms with Crippen molar-refractivity contribution in [3.05, 3.63) is 28.8 Å². The summed E-state index contributed by atoms with van der Waals surface area (Å²) in [5, 5.41) is 16.7. The molecule has 1 fully saturated rings. The van der Waals surface area contributed by atoms with E-state index in [1.807, 2.05) is 6.07 Å². The molecule has 3 nitrogen and oxygen atoms in total. The summed E-state index contributed by atoms with van der Waals surface area (Å²) in [6, 6.07) is 7.90. The van der Waals surface area contributed by atoms with Gasteiger partial charge in [0.05, 0.1) is 11.3 Å². The van der Waals surface area contributed by atoms with Crippen LogP contribution in [0.15, 0.2) is 18.2 Å². The smallest absolute Gasteiger partial charge is 0.101 e. The van der Waals surface area contributed by atoms with E-state index in [9.17, 15) is 0 Å². The zero-order valence-electron chi connectivity index (χ0n) is 10.8. The van der Waals surface area contributed by atoms with E-state index < -0.39 is 0 Å². The van der Waals surface area contributed by atoms with Crippen LogP contribution in [-0.2, 0) is 0 Å². The summed E-state index contributed by atoms with van der Waals surface area (Å²) < 4.78 is 0. The van der Waals surface area contributed by atoms with Crippen molar-refractivity contribution in [3.63, 3.8) is 0 Å². The third-order valence-corrected chi connectivity index (χ3v) is 3.80. The van der Waals surface area contributed by atoms with Crippen LogP contribution in [0.2, 0.25) is 5.02 Å². The average Bonchev–Trinajstić information content (AvgIpc) is 2.32. The van der Waals surface area contributed by atoms with E-state index in [1.54, 1.807) is 12.1 Å². The number of nitriles is 1. The Hall–Kier alpha value is -1.24. The predicted octanol–water partition coefficient (Wildman–Crippen LogP) is 3.01. The third-order valence-electron chi connectivity index (χ3n) is 3.57. The molecule has 0 saturated carbocycles. The fraction of sp³-hybridized carbons (Fsp3) is 0.500. The number of nitrogens with one attached hydrogen (secondary N) is 2. The van der Waals surface area contributed by atoms with Gasteiger partial charge in [-0.1, -0.05) is 25.4 Å². The van der Waals surface area contributed by atoms with E-state index in [4.69, 9.17) is 16.9 Å². The van der Waals surface area contributed by atoms with E-state index in [2.05, 4.69) is 30.6 Å². The van der Waals surface area contributed by atoms with E-state index >= 15 is 0 Å². The highest BCUT2D eigenvalue weighted by Gasteiger charge is 2.32. The first-order chi connectivity index (χ1) is 8.53. The predicted molar refractivity (Wildman–Crippen MR) is 74.8 cm³/mol. The van der Waals surface area contributed by atoms with Crippen LogP contribution >= 0.6 is 11.6 Å². The third kappa shape index (κ3) is 2.77. The van der Waals surface area contributed by atoms with Gasteiger partial charge in [0.1, 0.15) is 6.07 Å². The molecule has 4 heteroatoms. The Morgan fingerprint density at radius 3 is 2.94 bits per heavy atom. The molecule has 0 spiro atoms. The van der Waals surface area contributed by atoms with E-state index in [1.165, 1.54) is 0 Å². The van der Waals surface area contributed by atoms with Gasteiger partial charge in [0.15, 0.2) is 0 Å². The second kappa shape index (κ2) is 5.17. The fourth-order valence-electron chi connectivity index (χ4n) is 2.36. The largest absolute Gasteiger partial charge is 0.381 e. The zero-order chi connectivity index (χ0) is 13.2. The van der Waals surface area contributed by atoms with Gasteiger partial charge < -0.3 is 10.6 Å². The second-order valence-corrected chi connectivity index (χ2v) is 5.89. The Balaban J connectivity index is 2.23. The lowest BCUT2D eigenvalue weighted by atomic mass is 9.80. The van der Waals surface area contributed by atoms with Crippen LogP contribution in [0.3, 0.4) is 0 Å². The molecule has 96 valence electrons. The number of nitrogens with zero attached hydrogens (tertiary/aromatic N) is 1. The number of rotatable bonds is 2. The minimum Gasteiger partial charge on any atom is -0.381 e. The first kappa shape index (κ1) is 13.2. The Labute approximate surface area is 113 Å². The lowest BCUT2D eigenvalue weighted by Gasteiger charge is -2.40. The van der Waals surface area contributed by atoms with Gasteiger partial charge >= 0.3 is 0 Å². The maximum absolute atomic E-state index is 9.12. The highest BCUT2D eigenvalue weighted by molar-refractivity contribution is 6.30. The molecular weight excluding hydrogens is 246 g/mol. The van der Waals surface area contributed by atoms with Crippen molar-refractivity contribution in [2.24, 2.45) is 5.41 Å². The molecule has 1 aliphatic rings. The Bertz CT molecular complexity index is 476. The van der Waals surface area contributed by atoms with Gasteiger partial charge in [-0.3, -0.25) is 0 Å². The summed E-state index contributed by atoms with van der Waals surface area (Å²) in [5.74, 6) is 0. The van der Waals surface area contributed by atoms with Gasteiger partial charge in [-0.25, -0.2) is 0 Å². The molecule has 0 amide bonds. The van der Waals surface area contributed by atoms with Crippen LogP contribution in [0, 0.1) is 16.7 Å². The Morgan fingerprint density at radius 1 is 1.50 bits per heavy atom. The molecule has 0 bridgehead atoms. The van der Waals surface area contributed by atoms with Gasteiger partial charge in [0, 0.05) is 17.6 Å². The molecule has 2 rings (SSSR count). The number of hydrogen-bond acceptors (Lipinski definition) is 3. The standard InChI is InChI=1S/C14H18ClN3/c1-14(2)9-17-6-5-13(14)18-12-7-11(15)4-3-10(12)8-16/h3-4,7,13,17-18H,5-6,9H2,1-2H3. The van der Waals surface area contributed by atoms with Crippen LogP contribution in [0.4, 0.5) is 5.69 Å². The molecule has 1 atom stereocenters. The number of hydrogen-bond donors (Lipinski definition) is 2. The molecule has 0 radical (unpaired) electrons. The molecule has 1 aromatic rings. The SMILES string of the molecule is CC1(C)CNCCC1Nc1cc(Cl)ccc1C#N. The molecule has 1 aliphatic heterocycles. The summed E-state index contributed by atoms with van der Waals surface area (Å²) in [7, 11) is 0. The van der Waals surface area contributed by atoms with Gasteiger partial charge in [0.25, 0.3) is 0 Å². The number of benzene rings is 1. The second-order valence-electron chi connectivity index (χ2n) is 5.45. The van der Waals surface area contributed by atoms with Crippen molar-refractivity contribution < 1.29 is 0 Å². The molecule has 18 heavy (non-hydrogen) atoms. The molecule has 1 heterocycles. The average molecular weight is 264 g/mol. The number of halogens is 1. The van der Waals surface area contributed by atoms with Gasteiger partial charge in [-0.2, -0.15) is 5.26 Å². The maximum Gasteiger partial charge on any atom is 0.101 e. The van der Waals surface area contributed by atoms with Crippen molar-refractivity contribution in [2.45, 2.75) is 26.3 Å². The van der Waals surface area contributed by atoms with Crippen molar-refractivity contribution in [1.82, 2.24) is 5.32 Å². The van der Waals surface area contributed by atoms with Crippen LogP contribution in [0.5, 0.6) is 0 Å². The van der Waals surface area contributed by atoms with Crippen LogP contribution in [-0.4, -0.2) is 19.1 Å². The highest BCUT2D eigenvalue weighted by atomic mass is 35.5. The summed E-state index contributed by atoms with van der Waals surface area (Å²) in [5.41, 5.74) is 1.64. The van der Waals surface area contributed by atoms with Crippen molar-refractivity contribution in [2.75, 3.05) is 18.4 Å². The molecular formula is C14H18ClN3. The van der Waals surface area contributed by atoms with Crippen LogP contribution in [0.25, 0.3) is 0 Å². The monoisotopic (exact) mass is 263 g/mol. The van der Waals surface area contributed by atoms with Crippen LogP contribution < -0.4 is 10.6 Å². The Kier molecular flexibility index (Phi) is 3.79. The highest BCUT2D eigenvalue weighted by Crippen LogP contribution is 2.30. The Morgan fingerprint density at radius 2 is 2.28 bits per heavy atom. The molecule has 1 aromatic carbocycles. The molecule has 1 saturated heterocycles. The minimum absolute atomic E-state index is 0.160. The van der Waals surface area contributed by atoms with E-state index in [0.29, 0.717) is 16.6 Å². The zero-order valence-corrected chi connectivity index (χ0v) is 11.5. The van der Waals surface area contributed by atoms with Gasteiger partial charge in [-0.05, 0) is 36.6 Å². The van der Waals surface area contributed by atoms with Crippen molar-refractivity contribution in [1.29, 1.82) is 5.26 Å². The van der Waals surface area contributed by atoms with Crippen LogP contribution in [0.1, 0.15) is 25.8 Å². The molecule has 2 N–H and O–H groups in total. The quantitative estimate of drug-likeness (QED) is 0.862. The van der Waals surface area contributed by atoms with Crippen molar-refractivity contribution in [3.8, 4) is 6.07 Å². The summed E-state index contributed by atoms with van der Waals surface area (Å²) >= 11 is 6.00. The molecule has 1 unspecified atom stereocenters. The fourth-order valence-corrected chi connectivity index (χ4v) is 2.53. The van der Waals surface area contributed by atoms with E-state index in [-0.39, 0.29) is 5.41 Å². The molecule has 0 aromatic heterocycles. The summed E-state index contributed by atoms with van der Waals surface area (Å²) in [6.07, 6.45) is 1.05. The molecule has 0 aliphatic carbocycles. The first-order valence-electron chi connectivity index (χ1n) is 6.20. The minimum atomic E-state index is 0.160. The van der Waals surface area contributed by atoms with Gasteiger partial charge in [0.2, 0.25) is 0 Å². The maximum atomic E-state index is 9.12. The normalized spacial score (nSPS) is 22.2. The number of anilines is 1.